The van der Waals surface area contributed by atoms with Crippen LogP contribution in [0.2, 0.25) is 0 Å². The molecule has 1 aliphatic rings. The van der Waals surface area contributed by atoms with E-state index in [0.29, 0.717) is 5.92 Å². The van der Waals surface area contributed by atoms with Gasteiger partial charge in [-0.1, -0.05) is 44.2 Å². The molecule has 1 atom stereocenters. The van der Waals surface area contributed by atoms with Crippen molar-refractivity contribution in [3.63, 3.8) is 0 Å². The van der Waals surface area contributed by atoms with Crippen molar-refractivity contribution < 1.29 is 0 Å². The molecule has 0 aliphatic carbocycles. The highest BCUT2D eigenvalue weighted by atomic mass is 15.2. The van der Waals surface area contributed by atoms with Gasteiger partial charge in [0, 0.05) is 30.7 Å². The van der Waals surface area contributed by atoms with E-state index in [-0.39, 0.29) is 6.04 Å². The SMILES string of the molecule is C/C(=C(/CCN(C)C)c1ccccc1C)C1C=C(CC(C)C)/C(=C/c2[nH]c(C)cc2C)N1C. The summed E-state index contributed by atoms with van der Waals surface area (Å²) in [5.41, 5.74) is 12.2. The van der Waals surface area contributed by atoms with Crippen LogP contribution >= 0.6 is 0 Å². The van der Waals surface area contributed by atoms with E-state index < -0.39 is 0 Å². The first-order valence-corrected chi connectivity index (χ1v) is 12.3. The number of nitrogens with zero attached hydrogens (tertiary/aromatic N) is 2. The molecule has 0 saturated heterocycles. The van der Waals surface area contributed by atoms with E-state index >= 15 is 0 Å². The number of aromatic nitrogens is 1. The lowest BCUT2D eigenvalue weighted by Crippen LogP contribution is -2.27. The molecule has 0 spiro atoms. The van der Waals surface area contributed by atoms with E-state index in [1.807, 2.05) is 0 Å². The summed E-state index contributed by atoms with van der Waals surface area (Å²) in [5, 5.41) is 0. The van der Waals surface area contributed by atoms with Crippen LogP contribution < -0.4 is 0 Å². The predicted molar refractivity (Wildman–Crippen MR) is 144 cm³/mol. The maximum absolute atomic E-state index is 3.55. The summed E-state index contributed by atoms with van der Waals surface area (Å²) < 4.78 is 0. The van der Waals surface area contributed by atoms with Crippen molar-refractivity contribution >= 4 is 11.6 Å². The van der Waals surface area contributed by atoms with Crippen molar-refractivity contribution in [2.45, 2.75) is 60.4 Å². The molecule has 3 heteroatoms. The smallest absolute Gasteiger partial charge is 0.0693 e. The summed E-state index contributed by atoms with van der Waals surface area (Å²) in [6.07, 6.45) is 7.02. The van der Waals surface area contributed by atoms with Crippen LogP contribution in [-0.4, -0.2) is 48.5 Å². The molecule has 33 heavy (non-hydrogen) atoms. The van der Waals surface area contributed by atoms with Gasteiger partial charge in [0.25, 0.3) is 0 Å². The van der Waals surface area contributed by atoms with Gasteiger partial charge in [-0.05, 0) is 106 Å². The molecule has 2 heterocycles. The van der Waals surface area contributed by atoms with Gasteiger partial charge in [-0.3, -0.25) is 0 Å². The fourth-order valence-corrected chi connectivity index (χ4v) is 4.99. The average Bonchev–Trinajstić information content (AvgIpc) is 3.21. The molecule has 1 unspecified atom stereocenters. The zero-order valence-corrected chi connectivity index (χ0v) is 22.2. The Morgan fingerprint density at radius 1 is 1.12 bits per heavy atom. The topological polar surface area (TPSA) is 22.3 Å². The number of likely N-dealkylation sites (N-methyl/N-ethyl adjacent to an activating group) is 1. The number of rotatable bonds is 8. The highest BCUT2D eigenvalue weighted by Gasteiger charge is 2.29. The summed E-state index contributed by atoms with van der Waals surface area (Å²) in [7, 11) is 6.58. The number of H-pyrrole nitrogens is 1. The molecule has 0 radical (unpaired) electrons. The quantitative estimate of drug-likeness (QED) is 0.473. The highest BCUT2D eigenvalue weighted by Crippen LogP contribution is 2.38. The Balaban J connectivity index is 2.09. The number of nitrogens with one attached hydrogen (secondary N) is 1. The third-order valence-electron chi connectivity index (χ3n) is 6.78. The van der Waals surface area contributed by atoms with Gasteiger partial charge in [0.1, 0.15) is 0 Å². The normalized spacial score (nSPS) is 18.5. The number of hydrogen-bond donors (Lipinski definition) is 1. The lowest BCUT2D eigenvalue weighted by atomic mass is 9.90. The van der Waals surface area contributed by atoms with Crippen LogP contribution in [-0.2, 0) is 0 Å². The largest absolute Gasteiger partial charge is 0.364 e. The first-order chi connectivity index (χ1) is 15.6. The number of aromatic amines is 1. The molecule has 1 aromatic carbocycles. The van der Waals surface area contributed by atoms with Crippen molar-refractivity contribution in [2.24, 2.45) is 5.92 Å². The van der Waals surface area contributed by atoms with Crippen LogP contribution in [0.4, 0.5) is 0 Å². The van der Waals surface area contributed by atoms with Crippen molar-refractivity contribution in [1.29, 1.82) is 0 Å². The van der Waals surface area contributed by atoms with Crippen molar-refractivity contribution in [1.82, 2.24) is 14.8 Å². The molecular formula is C30H43N3. The van der Waals surface area contributed by atoms with Crippen LogP contribution in [0.15, 0.2) is 53.3 Å². The first-order valence-electron chi connectivity index (χ1n) is 12.3. The van der Waals surface area contributed by atoms with Gasteiger partial charge < -0.3 is 14.8 Å². The maximum Gasteiger partial charge on any atom is 0.0693 e. The van der Waals surface area contributed by atoms with Gasteiger partial charge in [0.2, 0.25) is 0 Å². The van der Waals surface area contributed by atoms with Gasteiger partial charge in [-0.15, -0.1) is 0 Å². The van der Waals surface area contributed by atoms with Crippen LogP contribution in [0.1, 0.15) is 61.7 Å². The van der Waals surface area contributed by atoms with Gasteiger partial charge in [-0.25, -0.2) is 0 Å². The van der Waals surface area contributed by atoms with Crippen LogP contribution in [0.3, 0.4) is 0 Å². The third kappa shape index (κ3) is 5.89. The van der Waals surface area contributed by atoms with Crippen LogP contribution in [0.5, 0.6) is 0 Å². The van der Waals surface area contributed by atoms with Gasteiger partial charge in [-0.2, -0.15) is 0 Å². The Morgan fingerprint density at radius 2 is 1.82 bits per heavy atom. The Morgan fingerprint density at radius 3 is 2.39 bits per heavy atom. The fourth-order valence-electron chi connectivity index (χ4n) is 4.99. The number of hydrogen-bond acceptors (Lipinski definition) is 2. The molecule has 1 aromatic heterocycles. The molecule has 0 amide bonds. The Labute approximate surface area is 201 Å². The zero-order valence-electron chi connectivity index (χ0n) is 22.2. The first kappa shape index (κ1) is 25.1. The van der Waals surface area contributed by atoms with Gasteiger partial charge in [0.05, 0.1) is 6.04 Å². The Bertz CT molecular complexity index is 1060. The highest BCUT2D eigenvalue weighted by molar-refractivity contribution is 5.73. The van der Waals surface area contributed by atoms with Crippen molar-refractivity contribution in [2.75, 3.05) is 27.7 Å². The second-order valence-corrected chi connectivity index (χ2v) is 10.5. The van der Waals surface area contributed by atoms with Gasteiger partial charge in [0.15, 0.2) is 0 Å². The Hall–Kier alpha value is -2.52. The summed E-state index contributed by atoms with van der Waals surface area (Å²) in [5.74, 6) is 0.618. The van der Waals surface area contributed by atoms with E-state index in [1.165, 1.54) is 50.5 Å². The van der Waals surface area contributed by atoms with E-state index in [0.717, 1.165) is 19.4 Å². The molecule has 178 valence electrons. The molecule has 0 saturated carbocycles. The van der Waals surface area contributed by atoms with Gasteiger partial charge >= 0.3 is 0 Å². The number of benzene rings is 1. The minimum atomic E-state index is 0.276. The van der Waals surface area contributed by atoms with E-state index in [4.69, 9.17) is 0 Å². The molecular weight excluding hydrogens is 402 g/mol. The van der Waals surface area contributed by atoms with E-state index in [2.05, 4.69) is 120 Å². The fraction of sp³-hybridized carbons (Fsp3) is 0.467. The van der Waals surface area contributed by atoms with Crippen molar-refractivity contribution in [3.8, 4) is 0 Å². The second kappa shape index (κ2) is 10.6. The van der Waals surface area contributed by atoms with Crippen LogP contribution in [0.25, 0.3) is 11.6 Å². The van der Waals surface area contributed by atoms with Crippen LogP contribution in [0, 0.1) is 26.7 Å². The maximum atomic E-state index is 3.55. The Kier molecular flexibility index (Phi) is 8.07. The molecule has 3 nitrogen and oxygen atoms in total. The minimum absolute atomic E-state index is 0.276. The zero-order chi connectivity index (χ0) is 24.3. The predicted octanol–water partition coefficient (Wildman–Crippen LogP) is 6.99. The monoisotopic (exact) mass is 445 g/mol. The lowest BCUT2D eigenvalue weighted by Gasteiger charge is -2.28. The van der Waals surface area contributed by atoms with E-state index in [1.54, 1.807) is 0 Å². The summed E-state index contributed by atoms with van der Waals surface area (Å²) >= 11 is 0. The molecule has 1 aliphatic heterocycles. The summed E-state index contributed by atoms with van der Waals surface area (Å²) in [6, 6.07) is 11.3. The number of aryl methyl sites for hydroxylation is 3. The number of allylic oxidation sites excluding steroid dienone is 1. The molecule has 0 bridgehead atoms. The minimum Gasteiger partial charge on any atom is -0.364 e. The molecule has 2 aromatic rings. The van der Waals surface area contributed by atoms with Crippen molar-refractivity contribution in [3.05, 3.63) is 81.3 Å². The third-order valence-corrected chi connectivity index (χ3v) is 6.78. The van der Waals surface area contributed by atoms with E-state index in [9.17, 15) is 0 Å². The summed E-state index contributed by atoms with van der Waals surface area (Å²) in [4.78, 5) is 8.32. The standard InChI is InChI=1S/C30H43N3/c1-20(2)16-25-18-29(33(9)30(25)19-28-22(4)17-23(5)31-28)24(6)27(14-15-32(7)8)26-13-11-10-12-21(26)3/h10-13,17-20,29,31H,14-16H2,1-9H3/b27-24+,30-19-. The molecule has 0 fully saturated rings. The lowest BCUT2D eigenvalue weighted by molar-refractivity contribution is 0.410. The molecule has 1 N–H and O–H groups in total. The molecule has 3 rings (SSSR count). The summed E-state index contributed by atoms with van der Waals surface area (Å²) in [6.45, 7) is 14.6. The average molecular weight is 446 g/mol. The second-order valence-electron chi connectivity index (χ2n) is 10.5.